The first-order valence-electron chi connectivity index (χ1n) is 5.95. The van der Waals surface area contributed by atoms with Gasteiger partial charge in [-0.3, -0.25) is 0 Å². The fourth-order valence-corrected chi connectivity index (χ4v) is 1.92. The summed E-state index contributed by atoms with van der Waals surface area (Å²) < 4.78 is 0. The molecule has 0 atom stereocenters. The van der Waals surface area contributed by atoms with Gasteiger partial charge in [0.1, 0.15) is 11.3 Å². The minimum Gasteiger partial charge on any atom is -0.368 e. The highest BCUT2D eigenvalue weighted by Gasteiger charge is 2.05. The molecule has 0 fully saturated rings. The predicted octanol–water partition coefficient (Wildman–Crippen LogP) is 2.66. The van der Waals surface area contributed by atoms with Crippen molar-refractivity contribution in [3.05, 3.63) is 48.2 Å². The van der Waals surface area contributed by atoms with Gasteiger partial charge < -0.3 is 11.1 Å². The average Bonchev–Trinajstić information content (AvgIpc) is 2.40. The van der Waals surface area contributed by atoms with Crippen molar-refractivity contribution in [3.63, 3.8) is 0 Å². The minimum absolute atomic E-state index is 0.274. The second kappa shape index (κ2) is 4.53. The molecule has 0 bridgehead atoms. The van der Waals surface area contributed by atoms with E-state index >= 15 is 0 Å². The summed E-state index contributed by atoms with van der Waals surface area (Å²) in [6.45, 7) is 1.87. The lowest BCUT2D eigenvalue weighted by atomic mass is 10.3. The van der Waals surface area contributed by atoms with Crippen LogP contribution in [-0.2, 0) is 0 Å². The maximum Gasteiger partial charge on any atom is 0.220 e. The number of hydrogen-bond acceptors (Lipinski definition) is 5. The number of nitrogens with zero attached hydrogens (tertiary/aromatic N) is 3. The van der Waals surface area contributed by atoms with E-state index in [9.17, 15) is 0 Å². The molecule has 0 saturated carbocycles. The van der Waals surface area contributed by atoms with Gasteiger partial charge in [0.25, 0.3) is 0 Å². The number of nitrogens with one attached hydrogen (secondary N) is 1. The maximum atomic E-state index is 5.62. The van der Waals surface area contributed by atoms with Crippen LogP contribution in [0, 0.1) is 6.92 Å². The van der Waals surface area contributed by atoms with Crippen LogP contribution in [-0.4, -0.2) is 15.0 Å². The van der Waals surface area contributed by atoms with E-state index in [2.05, 4.69) is 20.3 Å². The SMILES string of the molecule is Cc1nc(N)nc2ccc(Nc3ccccc3)nc12. The predicted molar refractivity (Wildman–Crippen MR) is 76.2 cm³/mol. The molecule has 0 aliphatic heterocycles. The number of anilines is 3. The number of para-hydroxylation sites is 1. The Hall–Kier alpha value is -2.69. The van der Waals surface area contributed by atoms with Gasteiger partial charge in [-0.1, -0.05) is 18.2 Å². The number of fused-ring (bicyclic) bond motifs is 1. The van der Waals surface area contributed by atoms with Crippen LogP contribution in [0.1, 0.15) is 5.69 Å². The van der Waals surface area contributed by atoms with E-state index in [0.29, 0.717) is 0 Å². The molecule has 3 aromatic rings. The molecule has 0 amide bonds. The molecule has 3 rings (SSSR count). The molecular weight excluding hydrogens is 238 g/mol. The fraction of sp³-hybridized carbons (Fsp3) is 0.0714. The zero-order valence-corrected chi connectivity index (χ0v) is 10.5. The van der Waals surface area contributed by atoms with Crippen LogP contribution in [0.3, 0.4) is 0 Å². The van der Waals surface area contributed by atoms with Crippen LogP contribution in [0.4, 0.5) is 17.5 Å². The van der Waals surface area contributed by atoms with Crippen LogP contribution < -0.4 is 11.1 Å². The molecule has 0 radical (unpaired) electrons. The lowest BCUT2D eigenvalue weighted by Crippen LogP contribution is -2.00. The summed E-state index contributed by atoms with van der Waals surface area (Å²) in [7, 11) is 0. The fourth-order valence-electron chi connectivity index (χ4n) is 1.92. The van der Waals surface area contributed by atoms with E-state index in [-0.39, 0.29) is 5.95 Å². The number of rotatable bonds is 2. The number of aromatic nitrogens is 3. The van der Waals surface area contributed by atoms with Gasteiger partial charge in [-0.2, -0.15) is 0 Å². The third-order valence-electron chi connectivity index (χ3n) is 2.78. The molecule has 0 aliphatic carbocycles. The first-order chi connectivity index (χ1) is 9.22. The molecule has 0 unspecified atom stereocenters. The highest BCUT2D eigenvalue weighted by Crippen LogP contribution is 2.19. The topological polar surface area (TPSA) is 76.7 Å². The van der Waals surface area contributed by atoms with Gasteiger partial charge >= 0.3 is 0 Å². The number of hydrogen-bond donors (Lipinski definition) is 2. The molecule has 0 saturated heterocycles. The van der Waals surface area contributed by atoms with Crippen molar-refractivity contribution in [2.45, 2.75) is 6.92 Å². The van der Waals surface area contributed by atoms with E-state index in [1.165, 1.54) is 0 Å². The molecule has 1 aromatic carbocycles. The molecular formula is C14H13N5. The minimum atomic E-state index is 0.274. The zero-order valence-electron chi connectivity index (χ0n) is 10.5. The van der Waals surface area contributed by atoms with Crippen molar-refractivity contribution in [1.29, 1.82) is 0 Å². The highest BCUT2D eigenvalue weighted by molar-refractivity contribution is 5.79. The van der Waals surface area contributed by atoms with E-state index in [0.717, 1.165) is 28.2 Å². The Morgan fingerprint density at radius 2 is 1.74 bits per heavy atom. The van der Waals surface area contributed by atoms with Gasteiger partial charge in [0, 0.05) is 5.69 Å². The summed E-state index contributed by atoms with van der Waals surface area (Å²) in [6.07, 6.45) is 0. The molecule has 19 heavy (non-hydrogen) atoms. The maximum absolute atomic E-state index is 5.62. The number of nitrogens with two attached hydrogens (primary N) is 1. The molecule has 0 aliphatic rings. The normalized spacial score (nSPS) is 10.6. The molecule has 94 valence electrons. The second-order valence-electron chi connectivity index (χ2n) is 4.22. The lowest BCUT2D eigenvalue weighted by Gasteiger charge is -2.07. The van der Waals surface area contributed by atoms with Gasteiger partial charge in [0.2, 0.25) is 5.95 Å². The Balaban J connectivity index is 2.02. The van der Waals surface area contributed by atoms with Gasteiger partial charge in [-0.05, 0) is 31.2 Å². The third kappa shape index (κ3) is 2.30. The Bertz CT molecular complexity index is 724. The molecule has 2 aromatic heterocycles. The summed E-state index contributed by atoms with van der Waals surface area (Å²) in [5, 5.41) is 3.24. The molecule has 0 spiro atoms. The van der Waals surface area contributed by atoms with Gasteiger partial charge in [0.05, 0.1) is 11.2 Å². The van der Waals surface area contributed by atoms with Crippen LogP contribution in [0.25, 0.3) is 11.0 Å². The third-order valence-corrected chi connectivity index (χ3v) is 2.78. The molecule has 2 heterocycles. The highest BCUT2D eigenvalue weighted by atomic mass is 15.0. The number of pyridine rings is 1. The van der Waals surface area contributed by atoms with Crippen LogP contribution in [0.15, 0.2) is 42.5 Å². The first kappa shape index (κ1) is 11.4. The van der Waals surface area contributed by atoms with E-state index in [4.69, 9.17) is 5.73 Å². The van der Waals surface area contributed by atoms with Crippen LogP contribution >= 0.6 is 0 Å². The Morgan fingerprint density at radius 1 is 0.947 bits per heavy atom. The monoisotopic (exact) mass is 251 g/mol. The quantitative estimate of drug-likeness (QED) is 0.732. The Labute approximate surface area is 110 Å². The van der Waals surface area contributed by atoms with E-state index in [1.54, 1.807) is 0 Å². The van der Waals surface area contributed by atoms with Gasteiger partial charge in [0.15, 0.2) is 0 Å². The number of nitrogen functional groups attached to an aromatic ring is 1. The van der Waals surface area contributed by atoms with Gasteiger partial charge in [-0.15, -0.1) is 0 Å². The molecule has 5 heteroatoms. The van der Waals surface area contributed by atoms with Crippen LogP contribution in [0.2, 0.25) is 0 Å². The van der Waals surface area contributed by atoms with E-state index in [1.807, 2.05) is 49.4 Å². The van der Waals surface area contributed by atoms with Crippen molar-refractivity contribution in [1.82, 2.24) is 15.0 Å². The molecule has 5 nitrogen and oxygen atoms in total. The summed E-state index contributed by atoms with van der Waals surface area (Å²) in [4.78, 5) is 12.8. The average molecular weight is 251 g/mol. The largest absolute Gasteiger partial charge is 0.368 e. The van der Waals surface area contributed by atoms with Crippen molar-refractivity contribution in [2.24, 2.45) is 0 Å². The summed E-state index contributed by atoms with van der Waals surface area (Å²) >= 11 is 0. The Morgan fingerprint density at radius 3 is 2.53 bits per heavy atom. The molecule has 3 N–H and O–H groups in total. The van der Waals surface area contributed by atoms with Crippen LogP contribution in [0.5, 0.6) is 0 Å². The van der Waals surface area contributed by atoms with Crippen molar-refractivity contribution < 1.29 is 0 Å². The standard InChI is InChI=1S/C14H13N5/c1-9-13-11(18-14(15)16-9)7-8-12(19-13)17-10-5-3-2-4-6-10/h2-8H,1H3,(H,17,19)(H2,15,16,18). The number of aryl methyl sites for hydroxylation is 1. The number of benzene rings is 1. The van der Waals surface area contributed by atoms with E-state index < -0.39 is 0 Å². The zero-order chi connectivity index (χ0) is 13.2. The second-order valence-corrected chi connectivity index (χ2v) is 4.22. The summed E-state index contributed by atoms with van der Waals surface area (Å²) in [5.41, 5.74) is 8.90. The lowest BCUT2D eigenvalue weighted by molar-refractivity contribution is 1.14. The first-order valence-corrected chi connectivity index (χ1v) is 5.95. The van der Waals surface area contributed by atoms with Crippen molar-refractivity contribution in [2.75, 3.05) is 11.1 Å². The summed E-state index contributed by atoms with van der Waals surface area (Å²) in [5.74, 6) is 1.03. The van der Waals surface area contributed by atoms with Crippen molar-refractivity contribution in [3.8, 4) is 0 Å². The summed E-state index contributed by atoms with van der Waals surface area (Å²) in [6, 6.07) is 13.6. The smallest absolute Gasteiger partial charge is 0.220 e. The van der Waals surface area contributed by atoms with Crippen molar-refractivity contribution >= 4 is 28.5 Å². The Kier molecular flexibility index (Phi) is 2.72. The van der Waals surface area contributed by atoms with Gasteiger partial charge in [-0.25, -0.2) is 15.0 Å².